The van der Waals surface area contributed by atoms with Gasteiger partial charge in [-0.25, -0.2) is 0 Å². The van der Waals surface area contributed by atoms with E-state index in [1.54, 1.807) is 0 Å². The molecule has 0 saturated carbocycles. The van der Waals surface area contributed by atoms with Gasteiger partial charge in [0.05, 0.1) is 5.69 Å². The van der Waals surface area contributed by atoms with Crippen LogP contribution in [0.3, 0.4) is 0 Å². The Morgan fingerprint density at radius 2 is 2.30 bits per heavy atom. The Morgan fingerprint density at radius 1 is 1.45 bits per heavy atom. The van der Waals surface area contributed by atoms with E-state index in [1.807, 2.05) is 17.8 Å². The summed E-state index contributed by atoms with van der Waals surface area (Å²) in [5, 5.41) is 4.54. The van der Waals surface area contributed by atoms with Crippen molar-refractivity contribution in [2.75, 3.05) is 13.2 Å². The van der Waals surface area contributed by atoms with E-state index in [4.69, 9.17) is 4.74 Å². The Hall–Kier alpha value is -1.62. The molecular formula is C15H22N4O. The predicted molar refractivity (Wildman–Crippen MR) is 79.1 cm³/mol. The predicted octanol–water partition coefficient (Wildman–Crippen LogP) is 2.22. The third kappa shape index (κ3) is 2.50. The fraction of sp³-hybridized carbons (Fsp3) is 0.600. The molecular weight excluding hydrogens is 252 g/mol. The Labute approximate surface area is 119 Å². The third-order valence-corrected chi connectivity index (χ3v) is 3.86. The van der Waals surface area contributed by atoms with Crippen LogP contribution >= 0.6 is 0 Å². The first-order valence-electron chi connectivity index (χ1n) is 7.34. The second-order valence-corrected chi connectivity index (χ2v) is 5.81. The SMILES string of the molecule is CC(C)c1nc(OC[C@H]2CCCN2)nc2c1ccn2C. The highest BCUT2D eigenvalue weighted by Gasteiger charge is 2.17. The summed E-state index contributed by atoms with van der Waals surface area (Å²) in [7, 11) is 2.00. The summed E-state index contributed by atoms with van der Waals surface area (Å²) in [5.74, 6) is 0.356. The van der Waals surface area contributed by atoms with Gasteiger partial charge in [-0.05, 0) is 31.4 Å². The average molecular weight is 274 g/mol. The molecule has 1 N–H and O–H groups in total. The standard InChI is InChI=1S/C15H22N4O/c1-10(2)13-12-6-8-19(3)14(12)18-15(17-13)20-9-11-5-4-7-16-11/h6,8,10-11,16H,4-5,7,9H2,1-3H3/t11-/m1/s1. The maximum Gasteiger partial charge on any atom is 0.318 e. The van der Waals surface area contributed by atoms with Gasteiger partial charge in [0.25, 0.3) is 0 Å². The van der Waals surface area contributed by atoms with Crippen molar-refractivity contribution >= 4 is 11.0 Å². The van der Waals surface area contributed by atoms with Crippen molar-refractivity contribution in [3.8, 4) is 6.01 Å². The number of hydrogen-bond acceptors (Lipinski definition) is 4. The van der Waals surface area contributed by atoms with Crippen molar-refractivity contribution in [1.82, 2.24) is 19.9 Å². The van der Waals surface area contributed by atoms with E-state index in [-0.39, 0.29) is 0 Å². The molecule has 1 fully saturated rings. The van der Waals surface area contributed by atoms with Crippen molar-refractivity contribution in [3.05, 3.63) is 18.0 Å². The quantitative estimate of drug-likeness (QED) is 0.929. The maximum atomic E-state index is 5.82. The van der Waals surface area contributed by atoms with Gasteiger partial charge >= 0.3 is 6.01 Å². The first kappa shape index (κ1) is 13.4. The summed E-state index contributed by atoms with van der Waals surface area (Å²) in [4.78, 5) is 9.14. The van der Waals surface area contributed by atoms with Gasteiger partial charge in [-0.1, -0.05) is 13.8 Å². The number of nitrogens with one attached hydrogen (secondary N) is 1. The van der Waals surface area contributed by atoms with Crippen LogP contribution in [0, 0.1) is 0 Å². The normalized spacial score (nSPS) is 19.1. The Bertz CT molecular complexity index is 599. The van der Waals surface area contributed by atoms with Crippen molar-refractivity contribution in [3.63, 3.8) is 0 Å². The highest BCUT2D eigenvalue weighted by molar-refractivity contribution is 5.79. The lowest BCUT2D eigenvalue weighted by atomic mass is 10.1. The van der Waals surface area contributed by atoms with Crippen LogP contribution in [0.4, 0.5) is 0 Å². The lowest BCUT2D eigenvalue weighted by molar-refractivity contribution is 0.257. The number of hydrogen-bond donors (Lipinski definition) is 1. The van der Waals surface area contributed by atoms with Crippen LogP contribution in [-0.2, 0) is 7.05 Å². The minimum Gasteiger partial charge on any atom is -0.462 e. The maximum absolute atomic E-state index is 5.82. The number of aryl methyl sites for hydroxylation is 1. The number of nitrogens with zero attached hydrogens (tertiary/aromatic N) is 3. The van der Waals surface area contributed by atoms with Crippen molar-refractivity contribution in [2.45, 2.75) is 38.6 Å². The summed E-state index contributed by atoms with van der Waals surface area (Å²) < 4.78 is 7.83. The highest BCUT2D eigenvalue weighted by Crippen LogP contribution is 2.25. The number of fused-ring (bicyclic) bond motifs is 1. The van der Waals surface area contributed by atoms with Crippen LogP contribution in [-0.4, -0.2) is 33.7 Å². The van der Waals surface area contributed by atoms with E-state index in [1.165, 1.54) is 12.8 Å². The van der Waals surface area contributed by atoms with Gasteiger partial charge in [-0.3, -0.25) is 0 Å². The van der Waals surface area contributed by atoms with Crippen LogP contribution in [0.25, 0.3) is 11.0 Å². The lowest BCUT2D eigenvalue weighted by Gasteiger charge is -2.13. The molecule has 2 aromatic heterocycles. The average Bonchev–Trinajstić information content (AvgIpc) is 3.06. The Balaban J connectivity index is 1.88. The zero-order chi connectivity index (χ0) is 14.1. The number of ether oxygens (including phenoxy) is 1. The molecule has 1 aliphatic heterocycles. The fourth-order valence-electron chi connectivity index (χ4n) is 2.72. The van der Waals surface area contributed by atoms with Crippen LogP contribution in [0.1, 0.15) is 38.3 Å². The van der Waals surface area contributed by atoms with Crippen molar-refractivity contribution in [2.24, 2.45) is 7.05 Å². The topological polar surface area (TPSA) is 52.0 Å². The van der Waals surface area contributed by atoms with E-state index in [9.17, 15) is 0 Å². The van der Waals surface area contributed by atoms with Gasteiger partial charge < -0.3 is 14.6 Å². The van der Waals surface area contributed by atoms with E-state index < -0.39 is 0 Å². The first-order valence-corrected chi connectivity index (χ1v) is 7.34. The zero-order valence-electron chi connectivity index (χ0n) is 12.4. The van der Waals surface area contributed by atoms with Gasteiger partial charge in [0.2, 0.25) is 0 Å². The molecule has 3 rings (SSSR count). The zero-order valence-corrected chi connectivity index (χ0v) is 12.4. The molecule has 0 unspecified atom stereocenters. The monoisotopic (exact) mass is 274 g/mol. The largest absolute Gasteiger partial charge is 0.462 e. The molecule has 0 amide bonds. The first-order chi connectivity index (χ1) is 9.65. The van der Waals surface area contributed by atoms with E-state index in [2.05, 4.69) is 35.2 Å². The molecule has 0 aromatic carbocycles. The van der Waals surface area contributed by atoms with Gasteiger partial charge in [-0.15, -0.1) is 0 Å². The van der Waals surface area contributed by atoms with E-state index in [0.717, 1.165) is 23.3 Å². The Kier molecular flexibility index (Phi) is 3.61. The summed E-state index contributed by atoms with van der Waals surface area (Å²) in [6.45, 7) is 6.03. The second-order valence-electron chi connectivity index (χ2n) is 5.81. The molecule has 1 saturated heterocycles. The van der Waals surface area contributed by atoms with Crippen molar-refractivity contribution < 1.29 is 4.74 Å². The summed E-state index contributed by atoms with van der Waals surface area (Å²) in [6, 6.07) is 3.01. The molecule has 0 radical (unpaired) electrons. The molecule has 20 heavy (non-hydrogen) atoms. The van der Waals surface area contributed by atoms with Crippen LogP contribution in [0.5, 0.6) is 6.01 Å². The molecule has 0 bridgehead atoms. The molecule has 5 nitrogen and oxygen atoms in total. The van der Waals surface area contributed by atoms with Crippen LogP contribution < -0.4 is 10.1 Å². The molecule has 108 valence electrons. The second kappa shape index (κ2) is 5.40. The minimum absolute atomic E-state index is 0.356. The summed E-state index contributed by atoms with van der Waals surface area (Å²) in [6.07, 6.45) is 4.42. The molecule has 3 heterocycles. The fourth-order valence-corrected chi connectivity index (χ4v) is 2.72. The van der Waals surface area contributed by atoms with Gasteiger partial charge in [-0.2, -0.15) is 9.97 Å². The molecule has 1 aliphatic rings. The van der Waals surface area contributed by atoms with Gasteiger partial charge in [0.1, 0.15) is 12.3 Å². The number of rotatable bonds is 4. The molecule has 1 atom stereocenters. The molecule has 0 aliphatic carbocycles. The summed E-state index contributed by atoms with van der Waals surface area (Å²) in [5.41, 5.74) is 2.00. The molecule has 2 aromatic rings. The molecule has 5 heteroatoms. The van der Waals surface area contributed by atoms with E-state index in [0.29, 0.717) is 24.6 Å². The van der Waals surface area contributed by atoms with Crippen molar-refractivity contribution in [1.29, 1.82) is 0 Å². The minimum atomic E-state index is 0.356. The highest BCUT2D eigenvalue weighted by atomic mass is 16.5. The van der Waals surface area contributed by atoms with Gasteiger partial charge in [0, 0.05) is 24.7 Å². The van der Waals surface area contributed by atoms with Crippen LogP contribution in [0.15, 0.2) is 12.3 Å². The Morgan fingerprint density at radius 3 is 3.00 bits per heavy atom. The van der Waals surface area contributed by atoms with Crippen LogP contribution in [0.2, 0.25) is 0 Å². The number of aromatic nitrogens is 3. The third-order valence-electron chi connectivity index (χ3n) is 3.86. The van der Waals surface area contributed by atoms with Gasteiger partial charge in [0.15, 0.2) is 0 Å². The smallest absolute Gasteiger partial charge is 0.318 e. The molecule has 0 spiro atoms. The van der Waals surface area contributed by atoms with E-state index >= 15 is 0 Å². The lowest BCUT2D eigenvalue weighted by Crippen LogP contribution is -2.28. The summed E-state index contributed by atoms with van der Waals surface area (Å²) >= 11 is 0.